The first kappa shape index (κ1) is 11.8. The molecule has 1 aliphatic rings. The third-order valence-corrected chi connectivity index (χ3v) is 3.11. The molecule has 0 aromatic carbocycles. The first-order valence-electron chi connectivity index (χ1n) is 3.55. The van der Waals surface area contributed by atoms with Gasteiger partial charge in [0.15, 0.2) is 0 Å². The van der Waals surface area contributed by atoms with Crippen LogP contribution >= 0.6 is 35.6 Å². The highest BCUT2D eigenvalue weighted by atomic mass is 35.5. The maximum Gasteiger partial charge on any atom is 0.0490 e. The minimum atomic E-state index is -0.178. The Hall–Kier alpha value is 0.830. The number of alkyl halides is 2. The Morgan fingerprint density at radius 2 is 1.91 bits per heavy atom. The lowest BCUT2D eigenvalue weighted by Crippen LogP contribution is -2.35. The largest absolute Gasteiger partial charge is 0.324 e. The molecule has 68 valence electrons. The van der Waals surface area contributed by atoms with Gasteiger partial charge < -0.3 is 5.73 Å². The number of rotatable bonds is 2. The number of halogens is 3. The molecule has 1 saturated carbocycles. The van der Waals surface area contributed by atoms with Gasteiger partial charge in [0.25, 0.3) is 0 Å². The summed E-state index contributed by atoms with van der Waals surface area (Å²) in [6.07, 6.45) is 0.975. The zero-order valence-corrected chi connectivity index (χ0v) is 9.01. The van der Waals surface area contributed by atoms with Crippen molar-refractivity contribution in [3.8, 4) is 0 Å². The van der Waals surface area contributed by atoms with Crippen LogP contribution in [0.25, 0.3) is 0 Å². The predicted molar refractivity (Wildman–Crippen MR) is 52.9 cm³/mol. The lowest BCUT2D eigenvalue weighted by molar-refractivity contribution is 0.575. The Balaban J connectivity index is 0.000001000. The van der Waals surface area contributed by atoms with Crippen molar-refractivity contribution in [1.82, 2.24) is 0 Å². The Morgan fingerprint density at radius 1 is 1.45 bits per heavy atom. The summed E-state index contributed by atoms with van der Waals surface area (Å²) in [4.78, 5) is 0. The van der Waals surface area contributed by atoms with Gasteiger partial charge in [0.2, 0.25) is 0 Å². The summed E-state index contributed by atoms with van der Waals surface area (Å²) in [7, 11) is 0. The zero-order valence-electron chi connectivity index (χ0n) is 6.68. The standard InChI is InChI=1S/C7H13Cl2N.ClH/c1-4(8)6-3-7(6,10)5(2)9;/h4-6H,3,10H2,1-2H3;1H. The van der Waals surface area contributed by atoms with Gasteiger partial charge in [0.1, 0.15) is 0 Å². The fourth-order valence-electron chi connectivity index (χ4n) is 1.37. The third kappa shape index (κ3) is 2.15. The monoisotopic (exact) mass is 217 g/mol. The van der Waals surface area contributed by atoms with E-state index in [4.69, 9.17) is 28.9 Å². The van der Waals surface area contributed by atoms with Crippen molar-refractivity contribution >= 4 is 35.6 Å². The van der Waals surface area contributed by atoms with Crippen LogP contribution in [0.1, 0.15) is 20.3 Å². The second kappa shape index (κ2) is 3.69. The summed E-state index contributed by atoms with van der Waals surface area (Å²) in [6, 6.07) is 0. The van der Waals surface area contributed by atoms with E-state index >= 15 is 0 Å². The average molecular weight is 219 g/mol. The van der Waals surface area contributed by atoms with E-state index in [1.54, 1.807) is 0 Å². The molecule has 0 radical (unpaired) electrons. The molecule has 2 N–H and O–H groups in total. The minimum absolute atomic E-state index is 0. The van der Waals surface area contributed by atoms with E-state index in [1.165, 1.54) is 0 Å². The summed E-state index contributed by atoms with van der Waals surface area (Å²) in [5.41, 5.74) is 5.74. The number of hydrogen-bond acceptors (Lipinski definition) is 1. The van der Waals surface area contributed by atoms with E-state index < -0.39 is 0 Å². The summed E-state index contributed by atoms with van der Waals surface area (Å²) >= 11 is 11.7. The van der Waals surface area contributed by atoms with Crippen molar-refractivity contribution in [2.45, 2.75) is 36.6 Å². The molecule has 0 heterocycles. The SMILES string of the molecule is CC(Cl)C1CC1(N)C(C)Cl.Cl. The lowest BCUT2D eigenvalue weighted by Gasteiger charge is -2.14. The summed E-state index contributed by atoms with van der Waals surface area (Å²) in [5, 5.41) is 0.199. The van der Waals surface area contributed by atoms with E-state index in [-0.39, 0.29) is 28.7 Å². The lowest BCUT2D eigenvalue weighted by atomic mass is 10.1. The van der Waals surface area contributed by atoms with Gasteiger partial charge in [-0.25, -0.2) is 0 Å². The zero-order chi connectivity index (χ0) is 7.94. The van der Waals surface area contributed by atoms with E-state index in [0.717, 1.165) is 6.42 Å². The van der Waals surface area contributed by atoms with Crippen LogP contribution < -0.4 is 5.73 Å². The fourth-order valence-corrected chi connectivity index (χ4v) is 1.94. The molecule has 0 spiro atoms. The minimum Gasteiger partial charge on any atom is -0.324 e. The first-order valence-corrected chi connectivity index (χ1v) is 4.43. The van der Waals surface area contributed by atoms with Crippen LogP contribution in [0.15, 0.2) is 0 Å². The van der Waals surface area contributed by atoms with Crippen LogP contribution in [-0.2, 0) is 0 Å². The molecule has 1 rings (SSSR count). The van der Waals surface area contributed by atoms with Crippen molar-refractivity contribution in [2.75, 3.05) is 0 Å². The molecule has 0 saturated heterocycles. The van der Waals surface area contributed by atoms with Crippen LogP contribution in [0.3, 0.4) is 0 Å². The highest BCUT2D eigenvalue weighted by molar-refractivity contribution is 6.23. The van der Waals surface area contributed by atoms with Gasteiger partial charge in [-0.05, 0) is 26.2 Å². The molecule has 0 bridgehead atoms. The second-order valence-electron chi connectivity index (χ2n) is 3.22. The summed E-state index contributed by atoms with van der Waals surface area (Å²) in [5.74, 6) is 0.418. The second-order valence-corrected chi connectivity index (χ2v) is 4.56. The normalized spacial score (nSPS) is 40.6. The van der Waals surface area contributed by atoms with Gasteiger partial charge in [-0.3, -0.25) is 0 Å². The smallest absolute Gasteiger partial charge is 0.0490 e. The van der Waals surface area contributed by atoms with Gasteiger partial charge in [-0.1, -0.05) is 0 Å². The maximum absolute atomic E-state index is 5.92. The van der Waals surface area contributed by atoms with Gasteiger partial charge in [-0.2, -0.15) is 0 Å². The molecule has 1 fully saturated rings. The molecule has 1 aliphatic carbocycles. The molecule has 4 atom stereocenters. The van der Waals surface area contributed by atoms with Crippen molar-refractivity contribution < 1.29 is 0 Å². The summed E-state index contributed by atoms with van der Waals surface area (Å²) < 4.78 is 0. The number of nitrogens with two attached hydrogens (primary N) is 1. The van der Waals surface area contributed by atoms with Gasteiger partial charge >= 0.3 is 0 Å². The van der Waals surface area contributed by atoms with Crippen LogP contribution in [0.4, 0.5) is 0 Å². The van der Waals surface area contributed by atoms with Gasteiger partial charge in [0.05, 0.1) is 0 Å². The topological polar surface area (TPSA) is 26.0 Å². The predicted octanol–water partition coefficient (Wildman–Crippen LogP) is 2.38. The summed E-state index contributed by atoms with van der Waals surface area (Å²) in [6.45, 7) is 3.90. The van der Waals surface area contributed by atoms with E-state index in [0.29, 0.717) is 5.92 Å². The van der Waals surface area contributed by atoms with Crippen molar-refractivity contribution in [1.29, 1.82) is 0 Å². The highest BCUT2D eigenvalue weighted by Gasteiger charge is 2.56. The quantitative estimate of drug-likeness (QED) is 0.708. The molecule has 11 heavy (non-hydrogen) atoms. The van der Waals surface area contributed by atoms with Crippen LogP contribution in [-0.4, -0.2) is 16.3 Å². The average Bonchev–Trinajstić information content (AvgIpc) is 2.43. The van der Waals surface area contributed by atoms with Crippen molar-refractivity contribution in [3.05, 3.63) is 0 Å². The molecule has 4 heteroatoms. The Kier molecular flexibility index (Phi) is 3.97. The van der Waals surface area contributed by atoms with Crippen LogP contribution in [0.5, 0.6) is 0 Å². The molecule has 0 aliphatic heterocycles. The van der Waals surface area contributed by atoms with E-state index in [1.807, 2.05) is 13.8 Å². The number of hydrogen-bond donors (Lipinski definition) is 1. The molecular weight excluding hydrogens is 204 g/mol. The fraction of sp³-hybridized carbons (Fsp3) is 1.00. The van der Waals surface area contributed by atoms with Crippen LogP contribution in [0, 0.1) is 5.92 Å². The van der Waals surface area contributed by atoms with Crippen molar-refractivity contribution in [3.63, 3.8) is 0 Å². The van der Waals surface area contributed by atoms with E-state index in [9.17, 15) is 0 Å². The van der Waals surface area contributed by atoms with Gasteiger partial charge in [0, 0.05) is 16.3 Å². The van der Waals surface area contributed by atoms with Crippen LogP contribution in [0.2, 0.25) is 0 Å². The molecule has 0 aromatic rings. The third-order valence-electron chi connectivity index (χ3n) is 2.40. The molecular formula is C7H14Cl3N. The maximum atomic E-state index is 5.92. The van der Waals surface area contributed by atoms with Gasteiger partial charge in [-0.15, -0.1) is 35.6 Å². The van der Waals surface area contributed by atoms with Crippen molar-refractivity contribution in [2.24, 2.45) is 11.7 Å². The molecule has 4 unspecified atom stereocenters. The molecule has 0 amide bonds. The molecule has 0 aromatic heterocycles. The molecule has 1 nitrogen and oxygen atoms in total. The Bertz CT molecular complexity index is 138. The Morgan fingerprint density at radius 3 is 2.00 bits per heavy atom. The highest BCUT2D eigenvalue weighted by Crippen LogP contribution is 2.49. The Labute approximate surface area is 84.0 Å². The van der Waals surface area contributed by atoms with E-state index in [2.05, 4.69) is 0 Å². The first-order chi connectivity index (χ1) is 4.48.